The molecule has 2 heteroatoms. The Bertz CT molecular complexity index is 546. The van der Waals surface area contributed by atoms with Crippen LogP contribution in [0.3, 0.4) is 0 Å². The van der Waals surface area contributed by atoms with E-state index in [0.717, 1.165) is 18.4 Å². The number of aliphatic hydroxyl groups excluding tert-OH is 1. The fourth-order valence-corrected chi connectivity index (χ4v) is 2.11. The molecule has 0 heterocycles. The Kier molecular flexibility index (Phi) is 4.48. The second-order valence-electron chi connectivity index (χ2n) is 4.63. The zero-order valence-electron chi connectivity index (χ0n) is 11.0. The predicted molar refractivity (Wildman–Crippen MR) is 76.2 cm³/mol. The third kappa shape index (κ3) is 3.30. The minimum atomic E-state index is -1.09. The van der Waals surface area contributed by atoms with Gasteiger partial charge in [-0.1, -0.05) is 61.9 Å². The Balaban J connectivity index is 2.22. The number of ketones is 1. The Morgan fingerprint density at radius 3 is 2.53 bits per heavy atom. The highest BCUT2D eigenvalue weighted by molar-refractivity contribution is 6.00. The van der Waals surface area contributed by atoms with Crippen LogP contribution in [0, 0.1) is 0 Å². The van der Waals surface area contributed by atoms with Crippen LogP contribution in [0.2, 0.25) is 0 Å². The second-order valence-corrected chi connectivity index (χ2v) is 4.63. The van der Waals surface area contributed by atoms with Crippen molar-refractivity contribution >= 4 is 5.78 Å². The van der Waals surface area contributed by atoms with E-state index in [0.29, 0.717) is 11.1 Å². The summed E-state index contributed by atoms with van der Waals surface area (Å²) in [6, 6.07) is 16.5. The highest BCUT2D eigenvalue weighted by Gasteiger charge is 2.18. The highest BCUT2D eigenvalue weighted by Crippen LogP contribution is 2.19. The maximum Gasteiger partial charge on any atom is 0.195 e. The monoisotopic (exact) mass is 254 g/mol. The molecule has 0 saturated heterocycles. The predicted octanol–water partition coefficient (Wildman–Crippen LogP) is 3.56. The first-order valence-corrected chi connectivity index (χ1v) is 6.58. The number of carbonyl (C=O) groups is 1. The van der Waals surface area contributed by atoms with Crippen molar-refractivity contribution in [1.82, 2.24) is 0 Å². The Hall–Kier alpha value is -1.93. The molecule has 2 rings (SSSR count). The smallest absolute Gasteiger partial charge is 0.195 e. The number of benzene rings is 2. The van der Waals surface area contributed by atoms with Gasteiger partial charge in [-0.15, -0.1) is 0 Å². The van der Waals surface area contributed by atoms with Gasteiger partial charge in [0.15, 0.2) is 5.78 Å². The minimum Gasteiger partial charge on any atom is -0.380 e. The van der Waals surface area contributed by atoms with E-state index < -0.39 is 6.10 Å². The van der Waals surface area contributed by atoms with E-state index in [4.69, 9.17) is 0 Å². The lowest BCUT2D eigenvalue weighted by molar-refractivity contribution is 0.0747. The molecule has 98 valence electrons. The van der Waals surface area contributed by atoms with Crippen LogP contribution < -0.4 is 0 Å². The summed E-state index contributed by atoms with van der Waals surface area (Å²) in [5, 5.41) is 10.1. The zero-order chi connectivity index (χ0) is 13.7. The van der Waals surface area contributed by atoms with Crippen molar-refractivity contribution in [3.8, 4) is 0 Å². The Morgan fingerprint density at radius 1 is 1.11 bits per heavy atom. The lowest BCUT2D eigenvalue weighted by Crippen LogP contribution is -2.12. The number of aliphatic hydroxyl groups is 1. The van der Waals surface area contributed by atoms with Crippen LogP contribution in [0.5, 0.6) is 0 Å². The van der Waals surface area contributed by atoms with Gasteiger partial charge in [0.25, 0.3) is 0 Å². The molecule has 0 bridgehead atoms. The first-order valence-electron chi connectivity index (χ1n) is 6.58. The molecule has 0 fully saturated rings. The molecule has 2 nitrogen and oxygen atoms in total. The molecule has 19 heavy (non-hydrogen) atoms. The molecule has 2 aromatic carbocycles. The number of carbonyl (C=O) groups excluding carboxylic acids is 1. The van der Waals surface area contributed by atoms with Gasteiger partial charge in [-0.2, -0.15) is 0 Å². The lowest BCUT2D eigenvalue weighted by atomic mass is 9.98. The summed E-state index contributed by atoms with van der Waals surface area (Å²) in [6.07, 6.45) is 0.902. The molecular weight excluding hydrogens is 236 g/mol. The fourth-order valence-electron chi connectivity index (χ4n) is 2.11. The van der Waals surface area contributed by atoms with E-state index in [1.54, 1.807) is 18.2 Å². The highest BCUT2D eigenvalue weighted by atomic mass is 16.3. The zero-order valence-corrected chi connectivity index (χ0v) is 11.0. The van der Waals surface area contributed by atoms with E-state index in [2.05, 4.69) is 6.92 Å². The van der Waals surface area contributed by atoms with Crippen molar-refractivity contribution in [3.05, 3.63) is 71.3 Å². The fraction of sp³-hybridized carbons (Fsp3) is 0.235. The van der Waals surface area contributed by atoms with Gasteiger partial charge in [-0.25, -0.2) is 0 Å². The van der Waals surface area contributed by atoms with Gasteiger partial charge < -0.3 is 5.11 Å². The maximum atomic E-state index is 12.3. The molecule has 0 aliphatic carbocycles. The van der Waals surface area contributed by atoms with E-state index in [9.17, 15) is 9.90 Å². The van der Waals surface area contributed by atoms with Crippen molar-refractivity contribution < 1.29 is 9.90 Å². The summed E-state index contributed by atoms with van der Waals surface area (Å²) in [4.78, 5) is 12.3. The van der Waals surface area contributed by atoms with Crippen LogP contribution in [0.25, 0.3) is 0 Å². The number of Topliss-reactive ketones (excluding diaryl/α,β-unsaturated/α-hetero) is 1. The van der Waals surface area contributed by atoms with Gasteiger partial charge in [-0.3, -0.25) is 4.79 Å². The first-order chi connectivity index (χ1) is 9.22. The average Bonchev–Trinajstić information content (AvgIpc) is 2.47. The van der Waals surface area contributed by atoms with Crippen LogP contribution in [-0.2, 0) is 6.42 Å². The molecular formula is C17H18O2. The summed E-state index contributed by atoms with van der Waals surface area (Å²) < 4.78 is 0. The number of hydrogen-bond donors (Lipinski definition) is 1. The third-order valence-electron chi connectivity index (χ3n) is 3.11. The number of rotatable bonds is 5. The number of aryl methyl sites for hydroxylation is 1. The van der Waals surface area contributed by atoms with E-state index in [-0.39, 0.29) is 5.78 Å². The molecule has 2 aromatic rings. The molecule has 0 spiro atoms. The van der Waals surface area contributed by atoms with Crippen LogP contribution >= 0.6 is 0 Å². The summed E-state index contributed by atoms with van der Waals surface area (Å²) in [7, 11) is 0. The van der Waals surface area contributed by atoms with Crippen LogP contribution in [0.15, 0.2) is 54.6 Å². The minimum absolute atomic E-state index is 0.246. The van der Waals surface area contributed by atoms with Gasteiger partial charge in [0, 0.05) is 5.56 Å². The summed E-state index contributed by atoms with van der Waals surface area (Å²) in [6.45, 7) is 2.10. The molecule has 0 amide bonds. The van der Waals surface area contributed by atoms with Crippen molar-refractivity contribution in [1.29, 1.82) is 0 Å². The third-order valence-corrected chi connectivity index (χ3v) is 3.11. The molecule has 0 aliphatic heterocycles. The quantitative estimate of drug-likeness (QED) is 0.828. The van der Waals surface area contributed by atoms with Gasteiger partial charge in [0.1, 0.15) is 6.10 Å². The molecule has 0 radical (unpaired) electrons. The Labute approximate surface area is 113 Å². The van der Waals surface area contributed by atoms with E-state index >= 15 is 0 Å². The lowest BCUT2D eigenvalue weighted by Gasteiger charge is -2.10. The van der Waals surface area contributed by atoms with Gasteiger partial charge in [0.05, 0.1) is 0 Å². The second kappa shape index (κ2) is 6.30. The van der Waals surface area contributed by atoms with Crippen molar-refractivity contribution in [2.45, 2.75) is 25.9 Å². The summed E-state index contributed by atoms with van der Waals surface area (Å²) in [5.41, 5.74) is 2.34. The van der Waals surface area contributed by atoms with Gasteiger partial charge in [-0.05, 0) is 23.6 Å². The standard InChI is InChI=1S/C17H18O2/c1-2-7-13-8-6-11-15(12-13)17(19)16(18)14-9-4-3-5-10-14/h3-6,8-12,16,18H,2,7H2,1H3. The van der Waals surface area contributed by atoms with Crippen LogP contribution in [0.1, 0.15) is 40.9 Å². The number of hydrogen-bond acceptors (Lipinski definition) is 2. The molecule has 1 N–H and O–H groups in total. The molecule has 0 saturated carbocycles. The molecule has 0 aliphatic rings. The van der Waals surface area contributed by atoms with Crippen LogP contribution in [-0.4, -0.2) is 10.9 Å². The summed E-state index contributed by atoms with van der Waals surface area (Å²) in [5.74, 6) is -0.246. The summed E-state index contributed by atoms with van der Waals surface area (Å²) >= 11 is 0. The van der Waals surface area contributed by atoms with Crippen LogP contribution in [0.4, 0.5) is 0 Å². The van der Waals surface area contributed by atoms with Crippen molar-refractivity contribution in [2.24, 2.45) is 0 Å². The Morgan fingerprint density at radius 2 is 1.84 bits per heavy atom. The van der Waals surface area contributed by atoms with Gasteiger partial charge in [0.2, 0.25) is 0 Å². The average molecular weight is 254 g/mol. The molecule has 1 atom stereocenters. The van der Waals surface area contributed by atoms with Crippen molar-refractivity contribution in [3.63, 3.8) is 0 Å². The maximum absolute atomic E-state index is 12.3. The molecule has 1 unspecified atom stereocenters. The topological polar surface area (TPSA) is 37.3 Å². The van der Waals surface area contributed by atoms with Crippen molar-refractivity contribution in [2.75, 3.05) is 0 Å². The van der Waals surface area contributed by atoms with E-state index in [1.807, 2.05) is 36.4 Å². The first kappa shape index (κ1) is 13.5. The molecule has 0 aromatic heterocycles. The van der Waals surface area contributed by atoms with E-state index in [1.165, 1.54) is 0 Å². The largest absolute Gasteiger partial charge is 0.380 e. The SMILES string of the molecule is CCCc1cccc(C(=O)C(O)c2ccccc2)c1. The normalized spacial score (nSPS) is 12.1. The van der Waals surface area contributed by atoms with Gasteiger partial charge >= 0.3 is 0 Å².